The summed E-state index contributed by atoms with van der Waals surface area (Å²) >= 11 is 0. The summed E-state index contributed by atoms with van der Waals surface area (Å²) in [4.78, 5) is 36.2. The average molecular weight is 474 g/mol. The van der Waals surface area contributed by atoms with Crippen LogP contribution in [-0.2, 0) is 19.1 Å². The summed E-state index contributed by atoms with van der Waals surface area (Å²) in [6.07, 6.45) is -5.89. The zero-order valence-electron chi connectivity index (χ0n) is 18.1. The molecule has 8 nitrogen and oxygen atoms in total. The Hall–Kier alpha value is -3.53. The molecule has 1 fully saturated rings. The van der Waals surface area contributed by atoms with E-state index in [1.165, 1.54) is 0 Å². The number of carboxylic acids is 1. The third kappa shape index (κ3) is 5.01. The van der Waals surface area contributed by atoms with Crippen LogP contribution in [0.25, 0.3) is 11.1 Å². The summed E-state index contributed by atoms with van der Waals surface area (Å²) in [5.41, 5.74) is 4.04. The van der Waals surface area contributed by atoms with E-state index in [0.29, 0.717) is 0 Å². The average Bonchev–Trinajstić information content (AvgIpc) is 3.39. The number of carboxylic acid groups (broad SMARTS) is 1. The SMILES string of the molecule is O=C(NC(CC(F)F)C(=O)NC1CCOC1C(=O)O)OCC1c2ccccc2-c2ccccc21. The van der Waals surface area contributed by atoms with Crippen molar-refractivity contribution in [3.8, 4) is 11.1 Å². The van der Waals surface area contributed by atoms with Crippen LogP contribution in [0.2, 0.25) is 0 Å². The molecule has 4 rings (SSSR count). The Kier molecular flexibility index (Phi) is 7.06. The normalized spacial score (nSPS) is 19.9. The number of fused-ring (bicyclic) bond motifs is 3. The fraction of sp³-hybridized carbons (Fsp3) is 0.375. The predicted octanol–water partition coefficient (Wildman–Crippen LogP) is 2.91. The Balaban J connectivity index is 1.40. The van der Waals surface area contributed by atoms with Gasteiger partial charge in [-0.1, -0.05) is 48.5 Å². The highest BCUT2D eigenvalue weighted by molar-refractivity contribution is 5.87. The van der Waals surface area contributed by atoms with Gasteiger partial charge in [-0.15, -0.1) is 0 Å². The highest BCUT2D eigenvalue weighted by Gasteiger charge is 2.37. The molecule has 3 atom stereocenters. The molecule has 1 aliphatic heterocycles. The van der Waals surface area contributed by atoms with E-state index in [2.05, 4.69) is 10.6 Å². The molecule has 2 aromatic carbocycles. The zero-order valence-corrected chi connectivity index (χ0v) is 18.1. The van der Waals surface area contributed by atoms with Crippen molar-refractivity contribution in [1.29, 1.82) is 0 Å². The Morgan fingerprint density at radius 3 is 2.26 bits per heavy atom. The van der Waals surface area contributed by atoms with Crippen molar-refractivity contribution in [3.05, 3.63) is 59.7 Å². The van der Waals surface area contributed by atoms with Crippen LogP contribution in [-0.4, -0.2) is 60.9 Å². The molecule has 0 saturated carbocycles. The second-order valence-corrected chi connectivity index (χ2v) is 8.18. The molecule has 3 unspecified atom stereocenters. The molecule has 0 spiro atoms. The minimum Gasteiger partial charge on any atom is -0.479 e. The Morgan fingerprint density at radius 2 is 1.68 bits per heavy atom. The van der Waals surface area contributed by atoms with Gasteiger partial charge in [0.15, 0.2) is 6.10 Å². The third-order valence-corrected chi connectivity index (χ3v) is 6.03. The highest BCUT2D eigenvalue weighted by atomic mass is 19.3. The second kappa shape index (κ2) is 10.2. The maximum absolute atomic E-state index is 13.1. The predicted molar refractivity (Wildman–Crippen MR) is 117 cm³/mol. The first-order valence-corrected chi connectivity index (χ1v) is 10.9. The molecular weight excluding hydrogens is 450 g/mol. The summed E-state index contributed by atoms with van der Waals surface area (Å²) in [5, 5.41) is 13.7. The van der Waals surface area contributed by atoms with Gasteiger partial charge in [0.05, 0.1) is 6.04 Å². The van der Waals surface area contributed by atoms with Crippen LogP contribution in [0.5, 0.6) is 0 Å². The van der Waals surface area contributed by atoms with Gasteiger partial charge in [-0.3, -0.25) is 4.79 Å². The van der Waals surface area contributed by atoms with E-state index < -0.39 is 49.0 Å². The van der Waals surface area contributed by atoms with Gasteiger partial charge >= 0.3 is 12.1 Å². The van der Waals surface area contributed by atoms with Gasteiger partial charge in [-0.25, -0.2) is 18.4 Å². The zero-order chi connectivity index (χ0) is 24.2. The van der Waals surface area contributed by atoms with Crippen LogP contribution in [0.15, 0.2) is 48.5 Å². The molecule has 1 heterocycles. The molecule has 0 aromatic heterocycles. The Bertz CT molecular complexity index is 1030. The number of amides is 2. The first-order valence-electron chi connectivity index (χ1n) is 10.9. The number of carbonyl (C=O) groups is 3. The fourth-order valence-electron chi connectivity index (χ4n) is 4.46. The largest absolute Gasteiger partial charge is 0.479 e. The lowest BCUT2D eigenvalue weighted by Crippen LogP contribution is -2.53. The molecule has 34 heavy (non-hydrogen) atoms. The lowest BCUT2D eigenvalue weighted by Gasteiger charge is -2.22. The minimum atomic E-state index is -2.88. The lowest BCUT2D eigenvalue weighted by atomic mass is 9.98. The van der Waals surface area contributed by atoms with Crippen LogP contribution in [0.4, 0.5) is 13.6 Å². The Labute approximate surface area is 194 Å². The molecule has 0 radical (unpaired) electrons. The number of hydrogen-bond acceptors (Lipinski definition) is 5. The molecule has 2 aromatic rings. The van der Waals surface area contributed by atoms with Crippen LogP contribution >= 0.6 is 0 Å². The number of ether oxygens (including phenoxy) is 2. The minimum absolute atomic E-state index is 0.0412. The number of carbonyl (C=O) groups excluding carboxylic acids is 2. The number of nitrogens with one attached hydrogen (secondary N) is 2. The van der Waals surface area contributed by atoms with Gasteiger partial charge in [-0.2, -0.15) is 0 Å². The summed E-state index contributed by atoms with van der Waals surface area (Å²) < 4.78 is 36.6. The number of alkyl halides is 2. The summed E-state index contributed by atoms with van der Waals surface area (Å²) in [6.45, 7) is 0.0711. The smallest absolute Gasteiger partial charge is 0.407 e. The lowest BCUT2D eigenvalue weighted by molar-refractivity contribution is -0.148. The molecule has 1 aliphatic carbocycles. The van der Waals surface area contributed by atoms with Crippen molar-refractivity contribution >= 4 is 18.0 Å². The molecular formula is C24H24F2N2O6. The van der Waals surface area contributed by atoms with E-state index in [9.17, 15) is 23.2 Å². The first-order chi connectivity index (χ1) is 16.3. The van der Waals surface area contributed by atoms with E-state index in [1.807, 2.05) is 48.5 Å². The fourth-order valence-corrected chi connectivity index (χ4v) is 4.46. The summed E-state index contributed by atoms with van der Waals surface area (Å²) in [5.74, 6) is -2.42. The van der Waals surface area contributed by atoms with Crippen LogP contribution in [0.3, 0.4) is 0 Å². The number of halogens is 2. The van der Waals surface area contributed by atoms with Crippen molar-refractivity contribution < 1.29 is 37.7 Å². The Morgan fingerprint density at radius 1 is 1.06 bits per heavy atom. The van der Waals surface area contributed by atoms with E-state index in [4.69, 9.17) is 14.6 Å². The van der Waals surface area contributed by atoms with E-state index >= 15 is 0 Å². The van der Waals surface area contributed by atoms with Gasteiger partial charge in [0, 0.05) is 18.9 Å². The van der Waals surface area contributed by atoms with Gasteiger partial charge in [0.2, 0.25) is 12.3 Å². The molecule has 3 N–H and O–H groups in total. The number of alkyl carbamates (subject to hydrolysis) is 1. The second-order valence-electron chi connectivity index (χ2n) is 8.18. The van der Waals surface area contributed by atoms with E-state index in [-0.39, 0.29) is 25.6 Å². The standard InChI is InChI=1S/C24H24F2N2O6/c25-20(26)11-19(22(29)27-18-9-10-33-21(18)23(30)31)28-24(32)34-12-17-15-7-3-1-5-13(15)14-6-2-4-8-16(14)17/h1-8,17-21H,9-12H2,(H,27,29)(H,28,32)(H,30,31). The van der Waals surface area contributed by atoms with Crippen LogP contribution in [0, 0.1) is 0 Å². The van der Waals surface area contributed by atoms with Gasteiger partial charge in [0.25, 0.3) is 0 Å². The van der Waals surface area contributed by atoms with E-state index in [1.54, 1.807) is 0 Å². The third-order valence-electron chi connectivity index (χ3n) is 6.03. The topological polar surface area (TPSA) is 114 Å². The van der Waals surface area contributed by atoms with Gasteiger partial charge in [0.1, 0.15) is 12.6 Å². The highest BCUT2D eigenvalue weighted by Crippen LogP contribution is 2.44. The van der Waals surface area contributed by atoms with Gasteiger partial charge < -0.3 is 25.2 Å². The van der Waals surface area contributed by atoms with Crippen LogP contribution < -0.4 is 10.6 Å². The molecule has 2 amide bonds. The van der Waals surface area contributed by atoms with Crippen molar-refractivity contribution in [3.63, 3.8) is 0 Å². The maximum atomic E-state index is 13.1. The molecule has 10 heteroatoms. The van der Waals surface area contributed by atoms with Crippen LogP contribution in [0.1, 0.15) is 29.9 Å². The summed E-state index contributed by atoms with van der Waals surface area (Å²) in [6, 6.07) is 13.0. The van der Waals surface area contributed by atoms with E-state index in [0.717, 1.165) is 22.3 Å². The van der Waals surface area contributed by atoms with Crippen molar-refractivity contribution in [2.45, 2.75) is 43.4 Å². The molecule has 2 aliphatic rings. The maximum Gasteiger partial charge on any atom is 0.407 e. The number of hydrogen-bond donors (Lipinski definition) is 3. The number of aliphatic carboxylic acids is 1. The molecule has 1 saturated heterocycles. The first kappa shape index (κ1) is 23.6. The monoisotopic (exact) mass is 474 g/mol. The number of benzene rings is 2. The number of rotatable bonds is 8. The quantitative estimate of drug-likeness (QED) is 0.542. The molecule has 0 bridgehead atoms. The van der Waals surface area contributed by atoms with Gasteiger partial charge in [-0.05, 0) is 28.7 Å². The molecule has 180 valence electrons. The van der Waals surface area contributed by atoms with Crippen molar-refractivity contribution in [2.75, 3.05) is 13.2 Å². The van der Waals surface area contributed by atoms with Crippen molar-refractivity contribution in [1.82, 2.24) is 10.6 Å². The van der Waals surface area contributed by atoms with Crippen molar-refractivity contribution in [2.24, 2.45) is 0 Å². The summed E-state index contributed by atoms with van der Waals surface area (Å²) in [7, 11) is 0.